The van der Waals surface area contributed by atoms with Crippen molar-refractivity contribution in [1.29, 1.82) is 0 Å². The van der Waals surface area contributed by atoms with Crippen LogP contribution in [0.25, 0.3) is 6.08 Å². The summed E-state index contributed by atoms with van der Waals surface area (Å²) >= 11 is 0. The predicted octanol–water partition coefficient (Wildman–Crippen LogP) is 4.54. The first kappa shape index (κ1) is 21.9. The summed E-state index contributed by atoms with van der Waals surface area (Å²) in [7, 11) is 1.41. The van der Waals surface area contributed by atoms with E-state index in [1.54, 1.807) is 18.2 Å². The normalized spacial score (nSPS) is 30.7. The van der Waals surface area contributed by atoms with Gasteiger partial charge in [-0.05, 0) is 91.5 Å². The summed E-state index contributed by atoms with van der Waals surface area (Å²) in [6.07, 6.45) is 9.06. The molecule has 0 radical (unpaired) electrons. The van der Waals surface area contributed by atoms with Crippen molar-refractivity contribution in [3.8, 4) is 11.5 Å². The Labute approximate surface area is 203 Å². The van der Waals surface area contributed by atoms with Crippen molar-refractivity contribution >= 4 is 29.6 Å². The lowest BCUT2D eigenvalue weighted by atomic mass is 9.48. The second-order valence-electron chi connectivity index (χ2n) is 10.6. The van der Waals surface area contributed by atoms with E-state index in [1.807, 2.05) is 12.1 Å². The van der Waals surface area contributed by atoms with Gasteiger partial charge < -0.3 is 9.84 Å². The minimum absolute atomic E-state index is 0.188. The molecular weight excluding hydrogens is 444 g/mol. The third kappa shape index (κ3) is 3.52. The fraction of sp³-hybridized carbons (Fsp3) is 0.393. The lowest BCUT2D eigenvalue weighted by Gasteiger charge is -2.57. The van der Waals surface area contributed by atoms with E-state index < -0.39 is 17.8 Å². The lowest BCUT2D eigenvalue weighted by Crippen LogP contribution is -2.54. The number of carbonyl (C=O) groups is 3. The van der Waals surface area contributed by atoms with Gasteiger partial charge in [0.1, 0.15) is 5.57 Å². The molecule has 5 aliphatic rings. The Hall–Kier alpha value is -3.61. The average molecular weight is 473 g/mol. The SMILES string of the molecule is COc1cccc(/C=C2/C(=O)NC(=O)N(c3ccc(C45CC6CC(CC(C6)C4)C5)cc3)C2=O)c1O. The monoisotopic (exact) mass is 472 g/mol. The van der Waals surface area contributed by atoms with Crippen LogP contribution in [0, 0.1) is 17.8 Å². The van der Waals surface area contributed by atoms with Crippen LogP contribution in [0.1, 0.15) is 49.7 Å². The fourth-order valence-electron chi connectivity index (χ4n) is 7.30. The number of hydrogen-bond donors (Lipinski definition) is 2. The van der Waals surface area contributed by atoms with Gasteiger partial charge in [0.15, 0.2) is 11.5 Å². The van der Waals surface area contributed by atoms with Crippen molar-refractivity contribution in [3.63, 3.8) is 0 Å². The topological polar surface area (TPSA) is 95.9 Å². The molecule has 7 heteroatoms. The number of urea groups is 1. The molecule has 4 amide bonds. The number of phenols is 1. The molecule has 0 unspecified atom stereocenters. The first-order valence-corrected chi connectivity index (χ1v) is 12.2. The Morgan fingerprint density at radius 2 is 1.60 bits per heavy atom. The molecule has 4 saturated carbocycles. The van der Waals surface area contributed by atoms with Gasteiger partial charge in [0.2, 0.25) is 0 Å². The standard InChI is InChI=1S/C28H28N2O5/c1-35-23-4-2-3-19(24(23)31)12-22-25(32)29-27(34)30(26(22)33)21-7-5-20(6-8-21)28-13-16-9-17(14-28)11-18(10-16)15-28/h2-8,12,16-18,31H,9-11,13-15H2,1H3,(H,29,32,34)/b22-12-. The number of para-hydroxylation sites is 1. The maximum atomic E-state index is 13.3. The van der Waals surface area contributed by atoms with Crippen molar-refractivity contribution in [2.45, 2.75) is 43.9 Å². The molecule has 2 N–H and O–H groups in total. The molecule has 5 fully saturated rings. The van der Waals surface area contributed by atoms with Crippen LogP contribution in [0.3, 0.4) is 0 Å². The van der Waals surface area contributed by atoms with Crippen LogP contribution in [0.15, 0.2) is 48.0 Å². The van der Waals surface area contributed by atoms with Gasteiger partial charge in [0.05, 0.1) is 12.8 Å². The highest BCUT2D eigenvalue weighted by Crippen LogP contribution is 2.60. The van der Waals surface area contributed by atoms with E-state index in [-0.39, 0.29) is 28.1 Å². The van der Waals surface area contributed by atoms with E-state index >= 15 is 0 Å². The first-order valence-electron chi connectivity index (χ1n) is 12.2. The lowest BCUT2D eigenvalue weighted by molar-refractivity contribution is -0.122. The van der Waals surface area contributed by atoms with Crippen LogP contribution >= 0.6 is 0 Å². The molecule has 1 heterocycles. The quantitative estimate of drug-likeness (QED) is 0.503. The maximum Gasteiger partial charge on any atom is 0.335 e. The van der Waals surface area contributed by atoms with Gasteiger partial charge in [0.25, 0.3) is 11.8 Å². The number of hydrogen-bond acceptors (Lipinski definition) is 5. The Bertz CT molecular complexity index is 1230. The van der Waals surface area contributed by atoms with Gasteiger partial charge in [-0.2, -0.15) is 0 Å². The van der Waals surface area contributed by atoms with E-state index in [1.165, 1.54) is 57.3 Å². The van der Waals surface area contributed by atoms with E-state index in [4.69, 9.17) is 4.74 Å². The molecule has 7 nitrogen and oxygen atoms in total. The summed E-state index contributed by atoms with van der Waals surface area (Å²) in [4.78, 5) is 39.4. The number of aromatic hydroxyl groups is 1. The van der Waals surface area contributed by atoms with Gasteiger partial charge >= 0.3 is 6.03 Å². The predicted molar refractivity (Wildman–Crippen MR) is 130 cm³/mol. The fourth-order valence-corrected chi connectivity index (χ4v) is 7.30. The highest BCUT2D eigenvalue weighted by Gasteiger charge is 2.51. The van der Waals surface area contributed by atoms with Crippen molar-refractivity contribution in [1.82, 2.24) is 5.32 Å². The molecular formula is C28H28N2O5. The third-order valence-corrected chi connectivity index (χ3v) is 8.43. The zero-order valence-corrected chi connectivity index (χ0v) is 19.6. The number of ether oxygens (including phenoxy) is 1. The average Bonchev–Trinajstić information content (AvgIpc) is 2.82. The summed E-state index contributed by atoms with van der Waals surface area (Å²) in [5, 5.41) is 12.6. The van der Waals surface area contributed by atoms with Gasteiger partial charge in [-0.3, -0.25) is 14.9 Å². The zero-order chi connectivity index (χ0) is 24.3. The first-order chi connectivity index (χ1) is 16.9. The number of methoxy groups -OCH3 is 1. The Morgan fingerprint density at radius 3 is 2.20 bits per heavy atom. The summed E-state index contributed by atoms with van der Waals surface area (Å²) in [6, 6.07) is 11.7. The minimum atomic E-state index is -0.802. The number of imide groups is 2. The van der Waals surface area contributed by atoms with E-state index in [9.17, 15) is 19.5 Å². The molecule has 2 aromatic rings. The van der Waals surface area contributed by atoms with Crippen LogP contribution in [0.4, 0.5) is 10.5 Å². The molecule has 4 bridgehead atoms. The Kier molecular flexibility index (Phi) is 4.99. The van der Waals surface area contributed by atoms with Gasteiger partial charge in [-0.1, -0.05) is 24.3 Å². The van der Waals surface area contributed by atoms with Gasteiger partial charge in [0, 0.05) is 5.56 Å². The number of barbiturate groups is 1. The molecule has 1 aliphatic heterocycles. The van der Waals surface area contributed by atoms with E-state index in [0.29, 0.717) is 5.69 Å². The summed E-state index contributed by atoms with van der Waals surface area (Å²) in [5.41, 5.74) is 1.92. The summed E-state index contributed by atoms with van der Waals surface area (Å²) < 4.78 is 5.11. The Morgan fingerprint density at radius 1 is 0.971 bits per heavy atom. The van der Waals surface area contributed by atoms with Crippen LogP contribution in [-0.4, -0.2) is 30.1 Å². The van der Waals surface area contributed by atoms with Crippen molar-refractivity contribution in [3.05, 3.63) is 59.2 Å². The number of benzene rings is 2. The molecule has 180 valence electrons. The van der Waals surface area contributed by atoms with Crippen LogP contribution in [0.5, 0.6) is 11.5 Å². The third-order valence-electron chi connectivity index (χ3n) is 8.43. The minimum Gasteiger partial charge on any atom is -0.504 e. The van der Waals surface area contributed by atoms with Gasteiger partial charge in [-0.25, -0.2) is 9.69 Å². The second-order valence-corrected chi connectivity index (χ2v) is 10.6. The van der Waals surface area contributed by atoms with Crippen molar-refractivity contribution in [2.24, 2.45) is 17.8 Å². The number of amides is 4. The van der Waals surface area contributed by atoms with Crippen molar-refractivity contribution < 1.29 is 24.2 Å². The van der Waals surface area contributed by atoms with Crippen LogP contribution in [-0.2, 0) is 15.0 Å². The molecule has 35 heavy (non-hydrogen) atoms. The van der Waals surface area contributed by atoms with Crippen LogP contribution in [0.2, 0.25) is 0 Å². The summed E-state index contributed by atoms with van der Waals surface area (Å²) in [6.45, 7) is 0. The molecule has 1 saturated heterocycles. The van der Waals surface area contributed by atoms with E-state index in [0.717, 1.165) is 22.7 Å². The molecule has 0 spiro atoms. The Balaban J connectivity index is 1.30. The summed E-state index contributed by atoms with van der Waals surface area (Å²) in [5.74, 6) is 0.959. The number of carbonyl (C=O) groups excluding carboxylic acids is 3. The molecule has 0 atom stereocenters. The van der Waals surface area contributed by atoms with Crippen molar-refractivity contribution in [2.75, 3.05) is 12.0 Å². The number of anilines is 1. The number of phenolic OH excluding ortho intramolecular Hbond substituents is 1. The molecule has 0 aromatic heterocycles. The molecule has 2 aromatic carbocycles. The number of nitrogens with one attached hydrogen (secondary N) is 1. The number of nitrogens with zero attached hydrogens (tertiary/aromatic N) is 1. The zero-order valence-electron chi connectivity index (χ0n) is 19.6. The largest absolute Gasteiger partial charge is 0.504 e. The smallest absolute Gasteiger partial charge is 0.335 e. The highest BCUT2D eigenvalue weighted by molar-refractivity contribution is 6.39. The molecule has 7 rings (SSSR count). The maximum absolute atomic E-state index is 13.3. The van der Waals surface area contributed by atoms with Gasteiger partial charge in [-0.15, -0.1) is 0 Å². The number of rotatable bonds is 4. The second kappa shape index (κ2) is 7.97. The highest BCUT2D eigenvalue weighted by atomic mass is 16.5. The van der Waals surface area contributed by atoms with E-state index in [2.05, 4.69) is 17.4 Å². The molecule has 4 aliphatic carbocycles. The van der Waals surface area contributed by atoms with Crippen LogP contribution < -0.4 is 15.0 Å².